The average molecular weight is 287 g/mol. The molecule has 2 heterocycles. The van der Waals surface area contributed by atoms with Crippen LogP contribution in [0, 0.1) is 11.8 Å². The quantitative estimate of drug-likeness (QED) is 0.772. The van der Waals surface area contributed by atoms with E-state index in [1.165, 1.54) is 12.8 Å². The van der Waals surface area contributed by atoms with Crippen molar-refractivity contribution in [2.75, 3.05) is 13.1 Å². The molecule has 0 spiro atoms. The molecule has 1 aliphatic rings. The third-order valence-electron chi connectivity index (χ3n) is 3.87. The Morgan fingerprint density at radius 1 is 1.33 bits per heavy atom. The minimum atomic E-state index is 0.460. The van der Waals surface area contributed by atoms with Gasteiger partial charge in [0, 0.05) is 23.3 Å². The standard InChI is InChI=1S/C14H20Cl2N2/c1-10(2)11-3-5-18(6-4-11)9-12-8-17-14(16)7-13(12)15/h7-8,10-11H,3-6,9H2,1-2H3. The summed E-state index contributed by atoms with van der Waals surface area (Å²) in [7, 11) is 0. The van der Waals surface area contributed by atoms with E-state index in [-0.39, 0.29) is 0 Å². The lowest BCUT2D eigenvalue weighted by Gasteiger charge is -2.33. The van der Waals surface area contributed by atoms with Gasteiger partial charge in [-0.2, -0.15) is 0 Å². The topological polar surface area (TPSA) is 16.1 Å². The van der Waals surface area contributed by atoms with Crippen molar-refractivity contribution in [1.82, 2.24) is 9.88 Å². The van der Waals surface area contributed by atoms with Crippen LogP contribution in [0.5, 0.6) is 0 Å². The summed E-state index contributed by atoms with van der Waals surface area (Å²) in [5.74, 6) is 1.67. The number of aromatic nitrogens is 1. The first kappa shape index (κ1) is 14.1. The number of nitrogens with zero attached hydrogens (tertiary/aromatic N) is 2. The second kappa shape index (κ2) is 6.23. The van der Waals surface area contributed by atoms with Crippen LogP contribution < -0.4 is 0 Å². The van der Waals surface area contributed by atoms with E-state index in [2.05, 4.69) is 23.7 Å². The van der Waals surface area contributed by atoms with Gasteiger partial charge in [0.05, 0.1) is 0 Å². The third kappa shape index (κ3) is 3.59. The summed E-state index contributed by atoms with van der Waals surface area (Å²) in [5, 5.41) is 1.18. The van der Waals surface area contributed by atoms with E-state index in [1.807, 2.05) is 0 Å². The molecular weight excluding hydrogens is 267 g/mol. The lowest BCUT2D eigenvalue weighted by Crippen LogP contribution is -2.34. The molecule has 1 fully saturated rings. The van der Waals surface area contributed by atoms with E-state index < -0.39 is 0 Å². The average Bonchev–Trinajstić information content (AvgIpc) is 2.33. The normalized spacial score (nSPS) is 18.5. The molecule has 0 N–H and O–H groups in total. The Morgan fingerprint density at radius 2 is 2.00 bits per heavy atom. The van der Waals surface area contributed by atoms with Crippen molar-refractivity contribution in [2.24, 2.45) is 11.8 Å². The minimum absolute atomic E-state index is 0.460. The van der Waals surface area contributed by atoms with Crippen molar-refractivity contribution in [3.05, 3.63) is 28.0 Å². The van der Waals surface area contributed by atoms with Crippen molar-refractivity contribution < 1.29 is 0 Å². The summed E-state index contributed by atoms with van der Waals surface area (Å²) in [5.41, 5.74) is 1.07. The Bertz CT molecular complexity index is 399. The number of hydrogen-bond donors (Lipinski definition) is 0. The number of pyridine rings is 1. The maximum absolute atomic E-state index is 6.18. The van der Waals surface area contributed by atoms with E-state index >= 15 is 0 Å². The first-order valence-corrected chi connectivity index (χ1v) is 7.34. The minimum Gasteiger partial charge on any atom is -0.299 e. The summed E-state index contributed by atoms with van der Waals surface area (Å²) in [6.45, 7) is 7.83. The molecule has 0 radical (unpaired) electrons. The number of hydrogen-bond acceptors (Lipinski definition) is 2. The van der Waals surface area contributed by atoms with Gasteiger partial charge in [0.2, 0.25) is 0 Å². The van der Waals surface area contributed by atoms with E-state index in [1.54, 1.807) is 12.3 Å². The molecule has 1 saturated heterocycles. The van der Waals surface area contributed by atoms with Crippen molar-refractivity contribution in [2.45, 2.75) is 33.2 Å². The van der Waals surface area contributed by atoms with Gasteiger partial charge in [-0.25, -0.2) is 4.98 Å². The summed E-state index contributed by atoms with van der Waals surface area (Å²) < 4.78 is 0. The highest BCUT2D eigenvalue weighted by Crippen LogP contribution is 2.26. The van der Waals surface area contributed by atoms with E-state index in [9.17, 15) is 0 Å². The number of likely N-dealkylation sites (tertiary alicyclic amines) is 1. The molecule has 0 aromatic carbocycles. The molecule has 1 aliphatic heterocycles. The second-order valence-electron chi connectivity index (χ2n) is 5.46. The first-order chi connectivity index (χ1) is 8.56. The molecule has 0 amide bonds. The van der Waals surface area contributed by atoms with Gasteiger partial charge in [-0.05, 0) is 43.8 Å². The SMILES string of the molecule is CC(C)C1CCN(Cc2cnc(Cl)cc2Cl)CC1. The molecule has 0 unspecified atom stereocenters. The molecule has 0 saturated carbocycles. The maximum Gasteiger partial charge on any atom is 0.130 e. The summed E-state index contributed by atoms with van der Waals surface area (Å²) in [4.78, 5) is 6.56. The Hall–Kier alpha value is -0.310. The highest BCUT2D eigenvalue weighted by molar-refractivity contribution is 6.34. The summed E-state index contributed by atoms with van der Waals surface area (Å²) in [6.07, 6.45) is 4.37. The number of piperidine rings is 1. The van der Waals surface area contributed by atoms with E-state index in [4.69, 9.17) is 23.2 Å². The fraction of sp³-hybridized carbons (Fsp3) is 0.643. The van der Waals surface area contributed by atoms with Crippen LogP contribution in [0.4, 0.5) is 0 Å². The van der Waals surface area contributed by atoms with Crippen molar-refractivity contribution >= 4 is 23.2 Å². The van der Waals surface area contributed by atoms with Gasteiger partial charge in [-0.3, -0.25) is 4.90 Å². The Labute approximate surface area is 119 Å². The van der Waals surface area contributed by atoms with Gasteiger partial charge in [0.25, 0.3) is 0 Å². The monoisotopic (exact) mass is 286 g/mol. The highest BCUT2D eigenvalue weighted by atomic mass is 35.5. The van der Waals surface area contributed by atoms with Gasteiger partial charge >= 0.3 is 0 Å². The zero-order valence-corrected chi connectivity index (χ0v) is 12.5. The fourth-order valence-corrected chi connectivity index (χ4v) is 3.00. The van der Waals surface area contributed by atoms with Gasteiger partial charge < -0.3 is 0 Å². The predicted molar refractivity (Wildman–Crippen MR) is 77.1 cm³/mol. The predicted octanol–water partition coefficient (Wildman–Crippen LogP) is 4.26. The lowest BCUT2D eigenvalue weighted by atomic mass is 9.86. The number of halogens is 2. The van der Waals surface area contributed by atoms with Gasteiger partial charge in [0.15, 0.2) is 0 Å². The van der Waals surface area contributed by atoms with E-state index in [0.717, 1.165) is 42.1 Å². The second-order valence-corrected chi connectivity index (χ2v) is 6.25. The zero-order valence-electron chi connectivity index (χ0n) is 11.0. The van der Waals surface area contributed by atoms with Crippen LogP contribution in [0.15, 0.2) is 12.3 Å². The molecule has 0 bridgehead atoms. The van der Waals surface area contributed by atoms with Gasteiger partial charge in [0.1, 0.15) is 5.15 Å². The maximum atomic E-state index is 6.18. The fourth-order valence-electron chi connectivity index (χ4n) is 2.57. The molecule has 4 heteroatoms. The molecule has 2 rings (SSSR count). The molecule has 1 aromatic heterocycles. The molecule has 0 aliphatic carbocycles. The summed E-state index contributed by atoms with van der Waals surface area (Å²) in [6, 6.07) is 1.72. The molecule has 1 aromatic rings. The third-order valence-corrected chi connectivity index (χ3v) is 4.42. The van der Waals surface area contributed by atoms with Crippen LogP contribution >= 0.6 is 23.2 Å². The lowest BCUT2D eigenvalue weighted by molar-refractivity contribution is 0.152. The number of rotatable bonds is 3. The molecular formula is C14H20Cl2N2. The van der Waals surface area contributed by atoms with Crippen molar-refractivity contribution in [3.63, 3.8) is 0 Å². The van der Waals surface area contributed by atoms with Crippen LogP contribution in [0.1, 0.15) is 32.3 Å². The highest BCUT2D eigenvalue weighted by Gasteiger charge is 2.21. The van der Waals surface area contributed by atoms with Crippen LogP contribution in [0.3, 0.4) is 0 Å². The largest absolute Gasteiger partial charge is 0.299 e. The Balaban J connectivity index is 1.91. The molecule has 100 valence electrons. The van der Waals surface area contributed by atoms with Crippen LogP contribution in [0.2, 0.25) is 10.2 Å². The van der Waals surface area contributed by atoms with Crippen LogP contribution in [-0.2, 0) is 6.54 Å². The van der Waals surface area contributed by atoms with E-state index in [0.29, 0.717) is 5.15 Å². The first-order valence-electron chi connectivity index (χ1n) is 6.58. The van der Waals surface area contributed by atoms with Crippen LogP contribution in [0.25, 0.3) is 0 Å². The molecule has 0 atom stereocenters. The molecule has 18 heavy (non-hydrogen) atoms. The zero-order chi connectivity index (χ0) is 13.1. The smallest absolute Gasteiger partial charge is 0.130 e. The van der Waals surface area contributed by atoms with Gasteiger partial charge in [-0.1, -0.05) is 37.0 Å². The summed E-state index contributed by atoms with van der Waals surface area (Å²) >= 11 is 12.0. The van der Waals surface area contributed by atoms with Crippen molar-refractivity contribution in [1.29, 1.82) is 0 Å². The molecule has 2 nitrogen and oxygen atoms in total. The van der Waals surface area contributed by atoms with Crippen molar-refractivity contribution in [3.8, 4) is 0 Å². The Kier molecular flexibility index (Phi) is 4.88. The Morgan fingerprint density at radius 3 is 2.56 bits per heavy atom. The van der Waals surface area contributed by atoms with Gasteiger partial charge in [-0.15, -0.1) is 0 Å². The van der Waals surface area contributed by atoms with Crippen LogP contribution in [-0.4, -0.2) is 23.0 Å².